The summed E-state index contributed by atoms with van der Waals surface area (Å²) in [5.74, 6) is 0.699. The molecule has 0 aliphatic heterocycles. The highest BCUT2D eigenvalue weighted by Gasteiger charge is 2.07. The molecule has 0 fully saturated rings. The fourth-order valence-corrected chi connectivity index (χ4v) is 2.00. The molecular formula is C15H27N3. The summed E-state index contributed by atoms with van der Waals surface area (Å²) in [6.07, 6.45) is 3.38. The van der Waals surface area contributed by atoms with Crippen molar-refractivity contribution in [1.82, 2.24) is 15.1 Å². The molecule has 1 heterocycles. The van der Waals surface area contributed by atoms with Gasteiger partial charge in [0.25, 0.3) is 0 Å². The lowest BCUT2D eigenvalue weighted by atomic mass is 10.1. The molecule has 0 saturated heterocycles. The zero-order valence-electron chi connectivity index (χ0n) is 12.7. The van der Waals surface area contributed by atoms with Crippen molar-refractivity contribution in [2.24, 2.45) is 13.0 Å². The number of aryl methyl sites for hydroxylation is 2. The van der Waals surface area contributed by atoms with E-state index in [9.17, 15) is 0 Å². The van der Waals surface area contributed by atoms with E-state index in [-0.39, 0.29) is 0 Å². The maximum absolute atomic E-state index is 4.46. The summed E-state index contributed by atoms with van der Waals surface area (Å²) in [4.78, 5) is 0. The Morgan fingerprint density at radius 3 is 2.50 bits per heavy atom. The van der Waals surface area contributed by atoms with Gasteiger partial charge >= 0.3 is 0 Å². The fraction of sp³-hybridized carbons (Fsp3) is 0.667. The van der Waals surface area contributed by atoms with Crippen LogP contribution in [0.3, 0.4) is 0 Å². The molecule has 0 radical (unpaired) electrons. The van der Waals surface area contributed by atoms with Gasteiger partial charge in [0, 0.05) is 24.8 Å². The molecule has 0 unspecified atom stereocenters. The summed E-state index contributed by atoms with van der Waals surface area (Å²) in [5.41, 5.74) is 5.07. The van der Waals surface area contributed by atoms with Crippen LogP contribution in [0.4, 0.5) is 0 Å². The average Bonchev–Trinajstić information content (AvgIpc) is 2.53. The molecule has 1 rings (SSSR count). The van der Waals surface area contributed by atoms with E-state index < -0.39 is 0 Å². The smallest absolute Gasteiger partial charge is 0.0668 e. The van der Waals surface area contributed by atoms with Crippen LogP contribution in [0.1, 0.15) is 44.1 Å². The van der Waals surface area contributed by atoms with E-state index in [1.807, 2.05) is 11.7 Å². The molecule has 1 N–H and O–H groups in total. The zero-order chi connectivity index (χ0) is 13.7. The van der Waals surface area contributed by atoms with Gasteiger partial charge in [-0.2, -0.15) is 5.10 Å². The van der Waals surface area contributed by atoms with Crippen molar-refractivity contribution in [1.29, 1.82) is 0 Å². The van der Waals surface area contributed by atoms with Crippen molar-refractivity contribution in [3.63, 3.8) is 0 Å². The molecule has 3 nitrogen and oxygen atoms in total. The van der Waals surface area contributed by atoms with Crippen molar-refractivity contribution in [3.05, 3.63) is 22.5 Å². The van der Waals surface area contributed by atoms with E-state index in [2.05, 4.69) is 51.1 Å². The molecule has 0 aromatic carbocycles. The van der Waals surface area contributed by atoms with E-state index in [4.69, 9.17) is 0 Å². The first-order valence-corrected chi connectivity index (χ1v) is 6.86. The maximum atomic E-state index is 4.46. The Hall–Kier alpha value is -1.09. The number of hydrogen-bond acceptors (Lipinski definition) is 2. The van der Waals surface area contributed by atoms with E-state index in [0.29, 0.717) is 5.92 Å². The van der Waals surface area contributed by atoms with Gasteiger partial charge in [0.1, 0.15) is 0 Å². The number of aromatic nitrogens is 2. The topological polar surface area (TPSA) is 29.9 Å². The van der Waals surface area contributed by atoms with Gasteiger partial charge < -0.3 is 5.32 Å². The van der Waals surface area contributed by atoms with Gasteiger partial charge in [-0.05, 0) is 32.7 Å². The largest absolute Gasteiger partial charge is 0.313 e. The van der Waals surface area contributed by atoms with Crippen molar-refractivity contribution < 1.29 is 0 Å². The highest BCUT2D eigenvalue weighted by Crippen LogP contribution is 2.17. The van der Waals surface area contributed by atoms with Gasteiger partial charge in [-0.3, -0.25) is 4.68 Å². The Bertz CT molecular complexity index is 414. The summed E-state index contributed by atoms with van der Waals surface area (Å²) in [6, 6.07) is 0. The van der Waals surface area contributed by atoms with Crippen molar-refractivity contribution in [2.45, 2.75) is 41.0 Å². The highest BCUT2D eigenvalue weighted by molar-refractivity contribution is 5.57. The quantitative estimate of drug-likeness (QED) is 0.839. The van der Waals surface area contributed by atoms with Gasteiger partial charge in [-0.25, -0.2) is 0 Å². The first-order chi connectivity index (χ1) is 8.45. The lowest BCUT2D eigenvalue weighted by Crippen LogP contribution is -2.21. The first-order valence-electron chi connectivity index (χ1n) is 6.86. The van der Waals surface area contributed by atoms with E-state index >= 15 is 0 Å². The molecule has 18 heavy (non-hydrogen) atoms. The summed E-state index contributed by atoms with van der Waals surface area (Å²) < 4.78 is 1.95. The molecule has 0 aliphatic rings. The molecule has 1 aromatic rings. The van der Waals surface area contributed by atoms with Crippen LogP contribution in [0.15, 0.2) is 5.57 Å². The lowest BCUT2D eigenvalue weighted by molar-refractivity contribution is 0.569. The first kappa shape index (κ1) is 15.0. The van der Waals surface area contributed by atoms with Crippen molar-refractivity contribution in [3.8, 4) is 0 Å². The van der Waals surface area contributed by atoms with Crippen molar-refractivity contribution in [2.75, 3.05) is 13.1 Å². The Morgan fingerprint density at radius 1 is 1.39 bits per heavy atom. The molecule has 0 spiro atoms. The molecule has 102 valence electrons. The molecular weight excluding hydrogens is 222 g/mol. The second-order valence-electron chi connectivity index (χ2n) is 5.39. The molecule has 0 amide bonds. The SMILES string of the molecule is CCC(=Cc1c(C)nn(C)c1C)CNCC(C)C. The molecule has 0 aliphatic carbocycles. The van der Waals surface area contributed by atoms with Crippen LogP contribution < -0.4 is 5.32 Å². The van der Waals surface area contributed by atoms with Gasteiger partial charge in [0.2, 0.25) is 0 Å². The fourth-order valence-electron chi connectivity index (χ4n) is 2.00. The Kier molecular flexibility index (Phi) is 5.60. The number of nitrogens with zero attached hydrogens (tertiary/aromatic N) is 2. The minimum atomic E-state index is 0.699. The Labute approximate surface area is 111 Å². The number of nitrogens with one attached hydrogen (secondary N) is 1. The lowest BCUT2D eigenvalue weighted by Gasteiger charge is -2.09. The zero-order valence-corrected chi connectivity index (χ0v) is 12.7. The van der Waals surface area contributed by atoms with E-state index in [1.54, 1.807) is 0 Å². The summed E-state index contributed by atoms with van der Waals surface area (Å²) in [5, 5.41) is 7.96. The van der Waals surface area contributed by atoms with Crippen LogP contribution in [-0.2, 0) is 7.05 Å². The van der Waals surface area contributed by atoms with Gasteiger partial charge in [-0.1, -0.05) is 32.4 Å². The van der Waals surface area contributed by atoms with Crippen LogP contribution in [0.2, 0.25) is 0 Å². The third-order valence-electron chi connectivity index (χ3n) is 3.27. The third-order valence-corrected chi connectivity index (χ3v) is 3.27. The molecule has 0 atom stereocenters. The van der Waals surface area contributed by atoms with Crippen LogP contribution in [0, 0.1) is 19.8 Å². The Balaban J connectivity index is 2.77. The van der Waals surface area contributed by atoms with Gasteiger partial charge in [0.15, 0.2) is 0 Å². The van der Waals surface area contributed by atoms with Crippen LogP contribution in [-0.4, -0.2) is 22.9 Å². The molecule has 1 aromatic heterocycles. The summed E-state index contributed by atoms with van der Waals surface area (Å²) >= 11 is 0. The Morgan fingerprint density at radius 2 is 2.06 bits per heavy atom. The predicted octanol–water partition coefficient (Wildman–Crippen LogP) is 3.08. The molecule has 3 heteroatoms. The second kappa shape index (κ2) is 6.74. The highest BCUT2D eigenvalue weighted by atomic mass is 15.3. The third kappa shape index (κ3) is 3.98. The normalized spacial score (nSPS) is 12.5. The van der Waals surface area contributed by atoms with Crippen LogP contribution in [0.25, 0.3) is 6.08 Å². The number of rotatable bonds is 6. The van der Waals surface area contributed by atoms with Gasteiger partial charge in [0.05, 0.1) is 5.69 Å². The maximum Gasteiger partial charge on any atom is 0.0668 e. The number of hydrogen-bond donors (Lipinski definition) is 1. The minimum absolute atomic E-state index is 0.699. The molecule has 0 saturated carbocycles. The standard InChI is InChI=1S/C15H27N3/c1-7-14(10-16-9-11(2)3)8-15-12(4)17-18(6)13(15)5/h8,11,16H,7,9-10H2,1-6H3. The van der Waals surface area contributed by atoms with E-state index in [1.165, 1.54) is 16.8 Å². The average molecular weight is 249 g/mol. The summed E-state index contributed by atoms with van der Waals surface area (Å²) in [6.45, 7) is 12.9. The minimum Gasteiger partial charge on any atom is -0.313 e. The van der Waals surface area contributed by atoms with Crippen molar-refractivity contribution >= 4 is 6.08 Å². The summed E-state index contributed by atoms with van der Waals surface area (Å²) in [7, 11) is 2.00. The van der Waals surface area contributed by atoms with E-state index in [0.717, 1.165) is 25.2 Å². The van der Waals surface area contributed by atoms with Crippen LogP contribution >= 0.6 is 0 Å². The monoisotopic (exact) mass is 249 g/mol. The van der Waals surface area contributed by atoms with Crippen LogP contribution in [0.5, 0.6) is 0 Å². The second-order valence-corrected chi connectivity index (χ2v) is 5.39. The van der Waals surface area contributed by atoms with Gasteiger partial charge in [-0.15, -0.1) is 0 Å². The predicted molar refractivity (Wildman–Crippen MR) is 78.7 cm³/mol. The molecule has 0 bridgehead atoms.